The monoisotopic (exact) mass is 356 g/mol. The number of nitrogens with zero attached hydrogens (tertiary/aromatic N) is 1. The van der Waals surface area contributed by atoms with Crippen LogP contribution in [0.15, 0.2) is 40.9 Å². The van der Waals surface area contributed by atoms with Crippen LogP contribution >= 0.6 is 27.5 Å². The van der Waals surface area contributed by atoms with Crippen molar-refractivity contribution in [2.75, 3.05) is 10.7 Å². The molecular formula is C12H10BrClN4O2. The molecule has 0 saturated carbocycles. The number of benzene rings is 2. The van der Waals surface area contributed by atoms with Gasteiger partial charge < -0.3 is 10.7 Å². The molecule has 2 rings (SSSR count). The van der Waals surface area contributed by atoms with Gasteiger partial charge in [0.25, 0.3) is 0 Å². The van der Waals surface area contributed by atoms with E-state index in [2.05, 4.69) is 26.7 Å². The summed E-state index contributed by atoms with van der Waals surface area (Å²) in [4.78, 5) is 10.7. The highest BCUT2D eigenvalue weighted by Gasteiger charge is 2.19. The summed E-state index contributed by atoms with van der Waals surface area (Å²) in [6.45, 7) is 0. The molecule has 0 fully saturated rings. The minimum absolute atomic E-state index is 0.144. The third-order valence-corrected chi connectivity index (χ3v) is 3.38. The number of para-hydroxylation sites is 1. The number of halogens is 2. The van der Waals surface area contributed by atoms with Crippen molar-refractivity contribution in [1.29, 1.82) is 0 Å². The number of nitrogens with two attached hydrogens (primary N) is 1. The molecule has 6 nitrogen and oxygen atoms in total. The van der Waals surface area contributed by atoms with Crippen LogP contribution < -0.4 is 16.6 Å². The highest BCUT2D eigenvalue weighted by molar-refractivity contribution is 9.10. The molecule has 20 heavy (non-hydrogen) atoms. The van der Waals surface area contributed by atoms with E-state index in [0.29, 0.717) is 16.4 Å². The second-order valence-electron chi connectivity index (χ2n) is 3.85. The maximum absolute atomic E-state index is 11.2. The predicted molar refractivity (Wildman–Crippen MR) is 83.3 cm³/mol. The molecule has 0 radical (unpaired) electrons. The number of hydrazine groups is 1. The Morgan fingerprint density at radius 2 is 1.90 bits per heavy atom. The van der Waals surface area contributed by atoms with Crippen LogP contribution in [0.2, 0.25) is 5.02 Å². The van der Waals surface area contributed by atoms with Crippen LogP contribution in [0, 0.1) is 10.1 Å². The van der Waals surface area contributed by atoms with Gasteiger partial charge in [0.05, 0.1) is 15.6 Å². The van der Waals surface area contributed by atoms with Crippen molar-refractivity contribution in [3.63, 3.8) is 0 Å². The molecule has 0 atom stereocenters. The van der Waals surface area contributed by atoms with Crippen molar-refractivity contribution < 1.29 is 4.92 Å². The number of nitro groups is 1. The molecule has 0 bridgehead atoms. The Morgan fingerprint density at radius 1 is 1.20 bits per heavy atom. The summed E-state index contributed by atoms with van der Waals surface area (Å²) >= 11 is 9.38. The van der Waals surface area contributed by atoms with Crippen LogP contribution in [0.5, 0.6) is 0 Å². The lowest BCUT2D eigenvalue weighted by Gasteiger charge is -2.11. The largest absolute Gasteiger partial charge is 0.349 e. The molecule has 4 N–H and O–H groups in total. The van der Waals surface area contributed by atoms with Gasteiger partial charge in [0.15, 0.2) is 0 Å². The highest BCUT2D eigenvalue weighted by atomic mass is 79.9. The zero-order valence-electron chi connectivity index (χ0n) is 10.1. The van der Waals surface area contributed by atoms with Crippen LogP contribution in [0.1, 0.15) is 0 Å². The lowest BCUT2D eigenvalue weighted by molar-refractivity contribution is -0.383. The van der Waals surface area contributed by atoms with Crippen molar-refractivity contribution >= 4 is 50.3 Å². The summed E-state index contributed by atoms with van der Waals surface area (Å²) in [6.07, 6.45) is 0. The zero-order chi connectivity index (χ0) is 14.7. The molecule has 104 valence electrons. The minimum Gasteiger partial charge on any atom is -0.349 e. The average molecular weight is 358 g/mol. The van der Waals surface area contributed by atoms with Gasteiger partial charge in [0.1, 0.15) is 11.4 Å². The lowest BCUT2D eigenvalue weighted by Crippen LogP contribution is -2.10. The van der Waals surface area contributed by atoms with Gasteiger partial charge in [-0.25, -0.2) is 0 Å². The summed E-state index contributed by atoms with van der Waals surface area (Å²) in [5.74, 6) is 5.29. The van der Waals surface area contributed by atoms with E-state index in [4.69, 9.17) is 17.4 Å². The predicted octanol–water partition coefficient (Wildman–Crippen LogP) is 4.04. The van der Waals surface area contributed by atoms with Crippen LogP contribution in [0.4, 0.5) is 22.7 Å². The molecule has 0 spiro atoms. The lowest BCUT2D eigenvalue weighted by atomic mass is 10.2. The van der Waals surface area contributed by atoms with Gasteiger partial charge in [-0.1, -0.05) is 33.6 Å². The first kappa shape index (κ1) is 14.6. The fourth-order valence-electron chi connectivity index (χ4n) is 1.69. The first-order chi connectivity index (χ1) is 9.52. The fraction of sp³-hybridized carbons (Fsp3) is 0. The zero-order valence-corrected chi connectivity index (χ0v) is 12.4. The highest BCUT2D eigenvalue weighted by Crippen LogP contribution is 2.36. The Kier molecular flexibility index (Phi) is 4.43. The second-order valence-corrected chi connectivity index (χ2v) is 5.18. The maximum Gasteiger partial charge on any atom is 0.316 e. The third-order valence-electron chi connectivity index (χ3n) is 2.57. The topological polar surface area (TPSA) is 93.2 Å². The number of nitro benzene ring substituents is 1. The van der Waals surface area contributed by atoms with Gasteiger partial charge >= 0.3 is 5.69 Å². The number of nitrogen functional groups attached to an aromatic ring is 1. The Hall–Kier alpha value is -1.83. The van der Waals surface area contributed by atoms with Crippen molar-refractivity contribution in [2.45, 2.75) is 0 Å². The second kappa shape index (κ2) is 6.08. The van der Waals surface area contributed by atoms with E-state index in [1.807, 2.05) is 0 Å². The van der Waals surface area contributed by atoms with Crippen molar-refractivity contribution in [2.24, 2.45) is 5.84 Å². The Bertz CT molecular complexity index is 666. The van der Waals surface area contributed by atoms with Gasteiger partial charge in [-0.05, 0) is 30.3 Å². The molecule has 2 aromatic rings. The van der Waals surface area contributed by atoms with Crippen molar-refractivity contribution in [3.8, 4) is 0 Å². The minimum atomic E-state index is -0.510. The summed E-state index contributed by atoms with van der Waals surface area (Å²) in [5.41, 5.74) is 3.24. The van der Waals surface area contributed by atoms with E-state index >= 15 is 0 Å². The molecule has 0 saturated heterocycles. The molecule has 0 unspecified atom stereocenters. The van der Waals surface area contributed by atoms with Crippen LogP contribution in [0.3, 0.4) is 0 Å². The molecular weight excluding hydrogens is 348 g/mol. The average Bonchev–Trinajstić information content (AvgIpc) is 2.41. The van der Waals surface area contributed by atoms with E-state index in [1.54, 1.807) is 30.3 Å². The number of anilines is 3. The third kappa shape index (κ3) is 3.01. The summed E-state index contributed by atoms with van der Waals surface area (Å²) in [6, 6.07) is 9.95. The standard InChI is InChI=1S/C12H10BrClN4O2/c13-7-4-5-9(8(14)6-7)16-10-2-1-3-11(17-15)12(10)18(19)20/h1-6,16-17H,15H2. The van der Waals surface area contributed by atoms with E-state index in [1.165, 1.54) is 6.07 Å². The quantitative estimate of drug-likeness (QED) is 0.436. The van der Waals surface area contributed by atoms with Gasteiger partial charge in [0, 0.05) is 4.47 Å². The summed E-state index contributed by atoms with van der Waals surface area (Å²) in [5, 5.41) is 14.5. The Labute approximate surface area is 128 Å². The molecule has 0 amide bonds. The number of rotatable bonds is 4. The maximum atomic E-state index is 11.2. The molecule has 0 aromatic heterocycles. The van der Waals surface area contributed by atoms with E-state index in [-0.39, 0.29) is 11.4 Å². The van der Waals surface area contributed by atoms with Gasteiger partial charge in [-0.2, -0.15) is 0 Å². The first-order valence-electron chi connectivity index (χ1n) is 5.49. The Morgan fingerprint density at radius 3 is 2.50 bits per heavy atom. The first-order valence-corrected chi connectivity index (χ1v) is 6.66. The van der Waals surface area contributed by atoms with Crippen molar-refractivity contribution in [1.82, 2.24) is 0 Å². The smallest absolute Gasteiger partial charge is 0.316 e. The van der Waals surface area contributed by atoms with E-state index in [0.717, 1.165) is 4.47 Å². The van der Waals surface area contributed by atoms with Crippen LogP contribution in [0.25, 0.3) is 0 Å². The number of nitrogens with one attached hydrogen (secondary N) is 2. The van der Waals surface area contributed by atoms with Crippen molar-refractivity contribution in [3.05, 3.63) is 56.0 Å². The number of hydrogen-bond donors (Lipinski definition) is 3. The SMILES string of the molecule is NNc1cccc(Nc2ccc(Br)cc2Cl)c1[N+](=O)[O-]. The Balaban J connectivity index is 2.45. The molecule has 0 aliphatic heterocycles. The molecule has 0 aliphatic carbocycles. The van der Waals surface area contributed by atoms with Gasteiger partial charge in [-0.15, -0.1) is 0 Å². The van der Waals surface area contributed by atoms with Crippen LogP contribution in [-0.2, 0) is 0 Å². The molecule has 8 heteroatoms. The van der Waals surface area contributed by atoms with E-state index < -0.39 is 4.92 Å². The normalized spacial score (nSPS) is 10.2. The summed E-state index contributed by atoms with van der Waals surface area (Å²) in [7, 11) is 0. The molecule has 0 heterocycles. The summed E-state index contributed by atoms with van der Waals surface area (Å²) < 4.78 is 0.819. The van der Waals surface area contributed by atoms with E-state index in [9.17, 15) is 10.1 Å². The molecule has 2 aromatic carbocycles. The van der Waals surface area contributed by atoms with Gasteiger partial charge in [0.2, 0.25) is 0 Å². The number of hydrogen-bond acceptors (Lipinski definition) is 5. The fourth-order valence-corrected chi connectivity index (χ4v) is 2.41. The van der Waals surface area contributed by atoms with Crippen LogP contribution in [-0.4, -0.2) is 4.92 Å². The molecule has 0 aliphatic rings. The van der Waals surface area contributed by atoms with Gasteiger partial charge in [-0.3, -0.25) is 16.0 Å².